The van der Waals surface area contributed by atoms with E-state index in [2.05, 4.69) is 67.5 Å². The van der Waals surface area contributed by atoms with Crippen LogP contribution < -0.4 is 20.5 Å². The van der Waals surface area contributed by atoms with Crippen LogP contribution in [0.2, 0.25) is 0 Å². The first-order chi connectivity index (χ1) is 20.6. The lowest BCUT2D eigenvalue weighted by molar-refractivity contribution is 0.122. The van der Waals surface area contributed by atoms with Crippen molar-refractivity contribution < 1.29 is 9.47 Å². The van der Waals surface area contributed by atoms with E-state index in [1.54, 1.807) is 6.07 Å². The Bertz CT molecular complexity index is 1620. The van der Waals surface area contributed by atoms with E-state index in [-0.39, 0.29) is 5.56 Å². The smallest absolute Gasteiger partial charge is 0.250 e. The van der Waals surface area contributed by atoms with Crippen molar-refractivity contribution in [3.8, 4) is 22.8 Å². The largest absolute Gasteiger partial charge is 0.456 e. The number of nitrogens with zero attached hydrogens (tertiary/aromatic N) is 3. The molecule has 2 fully saturated rings. The monoisotopic (exact) mass is 563 g/mol. The zero-order valence-corrected chi connectivity index (χ0v) is 24.1. The van der Waals surface area contributed by atoms with Gasteiger partial charge in [-0.3, -0.25) is 14.7 Å². The maximum absolute atomic E-state index is 12.6. The third-order valence-corrected chi connectivity index (χ3v) is 8.58. The van der Waals surface area contributed by atoms with Gasteiger partial charge in [0.25, 0.3) is 0 Å². The van der Waals surface area contributed by atoms with Crippen molar-refractivity contribution in [2.45, 2.75) is 38.8 Å². The van der Waals surface area contributed by atoms with Gasteiger partial charge in [-0.25, -0.2) is 0 Å². The van der Waals surface area contributed by atoms with Gasteiger partial charge in [-0.2, -0.15) is 0 Å². The molecule has 2 N–H and O–H groups in total. The fourth-order valence-corrected chi connectivity index (χ4v) is 6.28. The first-order valence-electron chi connectivity index (χ1n) is 15.0. The van der Waals surface area contributed by atoms with Gasteiger partial charge in [0.2, 0.25) is 5.56 Å². The minimum atomic E-state index is -0.114. The molecule has 8 heteroatoms. The minimum Gasteiger partial charge on any atom is -0.456 e. The maximum Gasteiger partial charge on any atom is 0.250 e. The summed E-state index contributed by atoms with van der Waals surface area (Å²) in [6, 6.07) is 21.1. The number of nitrogens with one attached hydrogen (secondary N) is 2. The average Bonchev–Trinajstić information content (AvgIpc) is 3.02. The third-order valence-electron chi connectivity index (χ3n) is 8.58. The number of aromatic amines is 1. The maximum atomic E-state index is 12.6. The van der Waals surface area contributed by atoms with E-state index in [0.717, 1.165) is 97.4 Å². The number of hydrogen-bond donors (Lipinski definition) is 2. The first kappa shape index (κ1) is 26.7. The summed E-state index contributed by atoms with van der Waals surface area (Å²) >= 11 is 0. The lowest BCUT2D eigenvalue weighted by atomic mass is 9.95. The number of aryl methyl sites for hydroxylation is 1. The number of anilines is 2. The molecule has 0 amide bonds. The summed E-state index contributed by atoms with van der Waals surface area (Å²) in [5.41, 5.74) is 8.25. The Morgan fingerprint density at radius 3 is 2.64 bits per heavy atom. The number of fused-ring (bicyclic) bond motifs is 2. The number of morpholine rings is 1. The van der Waals surface area contributed by atoms with Crippen LogP contribution in [0.1, 0.15) is 35.2 Å². The molecule has 8 nitrogen and oxygen atoms in total. The standard InChI is InChI=1S/C34H37N5O3/c1-23-5-6-24(21-35-23)22-38-11-9-27(10-12-38)36-28-7-8-32-26(18-28)17-25-3-2-4-30(34(25)42-32)31-19-29(20-33(40)37-31)39-13-15-41-16-14-39/h2-8,18-21,27,36H,9-17,22H2,1H3,(H,37,40). The van der Waals surface area contributed by atoms with E-state index in [4.69, 9.17) is 9.47 Å². The molecule has 0 bridgehead atoms. The number of pyridine rings is 2. The minimum absolute atomic E-state index is 0.114. The summed E-state index contributed by atoms with van der Waals surface area (Å²) in [7, 11) is 0. The molecule has 0 saturated carbocycles. The van der Waals surface area contributed by atoms with Crippen LogP contribution in [0.25, 0.3) is 11.3 Å². The van der Waals surface area contributed by atoms with Gasteiger partial charge in [0.15, 0.2) is 0 Å². The number of H-pyrrole nitrogens is 1. The molecule has 7 rings (SSSR count). The van der Waals surface area contributed by atoms with Crippen molar-refractivity contribution >= 4 is 11.4 Å². The molecular formula is C34H37N5O3. The number of rotatable bonds is 6. The van der Waals surface area contributed by atoms with Crippen LogP contribution in [-0.4, -0.2) is 60.3 Å². The highest BCUT2D eigenvalue weighted by Crippen LogP contribution is 2.43. The summed E-state index contributed by atoms with van der Waals surface area (Å²) in [6.07, 6.45) is 5.00. The average molecular weight is 564 g/mol. The molecule has 42 heavy (non-hydrogen) atoms. The molecule has 3 aliphatic rings. The molecular weight excluding hydrogens is 526 g/mol. The normalized spacial score (nSPS) is 17.3. The summed E-state index contributed by atoms with van der Waals surface area (Å²) < 4.78 is 12.0. The van der Waals surface area contributed by atoms with Gasteiger partial charge in [0, 0.05) is 85.6 Å². The second-order valence-electron chi connectivity index (χ2n) is 11.6. The molecule has 0 atom stereocenters. The Hall–Kier alpha value is -4.14. The van der Waals surface area contributed by atoms with E-state index in [1.807, 2.05) is 25.3 Å². The molecule has 2 aromatic heterocycles. The Labute approximate surface area is 246 Å². The first-order valence-corrected chi connectivity index (χ1v) is 15.0. The number of hydrogen-bond acceptors (Lipinski definition) is 7. The lowest BCUT2D eigenvalue weighted by Gasteiger charge is -2.33. The second-order valence-corrected chi connectivity index (χ2v) is 11.6. The van der Waals surface area contributed by atoms with E-state index in [0.29, 0.717) is 19.3 Å². The van der Waals surface area contributed by atoms with Gasteiger partial charge in [-0.05, 0) is 67.3 Å². The summed E-state index contributed by atoms with van der Waals surface area (Å²) in [5, 5.41) is 3.78. The number of likely N-dealkylation sites (tertiary alicyclic amines) is 1. The van der Waals surface area contributed by atoms with Gasteiger partial charge in [-0.1, -0.05) is 18.2 Å². The number of piperidine rings is 1. The molecule has 3 aliphatic heterocycles. The second kappa shape index (κ2) is 11.6. The van der Waals surface area contributed by atoms with Crippen LogP contribution in [0.15, 0.2) is 71.7 Å². The molecule has 2 saturated heterocycles. The van der Waals surface area contributed by atoms with Crippen molar-refractivity contribution in [3.05, 3.63) is 99.6 Å². The predicted molar refractivity (Wildman–Crippen MR) is 166 cm³/mol. The molecule has 0 radical (unpaired) electrons. The van der Waals surface area contributed by atoms with Crippen molar-refractivity contribution in [1.29, 1.82) is 0 Å². The fourth-order valence-electron chi connectivity index (χ4n) is 6.28. The van der Waals surface area contributed by atoms with E-state index < -0.39 is 0 Å². The SMILES string of the molecule is Cc1ccc(CN2CCC(Nc3ccc4c(c3)Cc3cccc(-c5cc(N6CCOCC6)cc(=O)[nH]5)c3O4)CC2)cn1. The highest BCUT2D eigenvalue weighted by atomic mass is 16.5. The van der Waals surface area contributed by atoms with Gasteiger partial charge in [0.05, 0.1) is 18.9 Å². The van der Waals surface area contributed by atoms with Crippen LogP contribution in [0, 0.1) is 6.92 Å². The zero-order valence-electron chi connectivity index (χ0n) is 24.1. The van der Waals surface area contributed by atoms with E-state index in [9.17, 15) is 4.79 Å². The number of benzene rings is 2. The Morgan fingerprint density at radius 1 is 0.976 bits per heavy atom. The Morgan fingerprint density at radius 2 is 1.83 bits per heavy atom. The van der Waals surface area contributed by atoms with E-state index >= 15 is 0 Å². The summed E-state index contributed by atoms with van der Waals surface area (Å²) in [4.78, 5) is 24.8. The Balaban J connectivity index is 1.03. The predicted octanol–water partition coefficient (Wildman–Crippen LogP) is 5.35. The highest BCUT2D eigenvalue weighted by molar-refractivity contribution is 5.74. The van der Waals surface area contributed by atoms with Crippen LogP contribution in [0.3, 0.4) is 0 Å². The number of para-hydroxylation sites is 1. The van der Waals surface area contributed by atoms with Crippen molar-refractivity contribution in [1.82, 2.24) is 14.9 Å². The Kier molecular flexibility index (Phi) is 7.40. The molecule has 216 valence electrons. The van der Waals surface area contributed by atoms with Crippen LogP contribution >= 0.6 is 0 Å². The summed E-state index contributed by atoms with van der Waals surface area (Å²) in [5.74, 6) is 1.69. The number of ether oxygens (including phenoxy) is 2. The third kappa shape index (κ3) is 5.78. The molecule has 4 aromatic rings. The van der Waals surface area contributed by atoms with Gasteiger partial charge < -0.3 is 24.7 Å². The van der Waals surface area contributed by atoms with Gasteiger partial charge in [-0.15, -0.1) is 0 Å². The topological polar surface area (TPSA) is 82.7 Å². The molecule has 0 spiro atoms. The lowest BCUT2D eigenvalue weighted by Crippen LogP contribution is -2.38. The molecule has 0 unspecified atom stereocenters. The highest BCUT2D eigenvalue weighted by Gasteiger charge is 2.24. The van der Waals surface area contributed by atoms with Crippen LogP contribution in [-0.2, 0) is 17.7 Å². The summed E-state index contributed by atoms with van der Waals surface area (Å²) in [6.45, 7) is 8.04. The van der Waals surface area contributed by atoms with Gasteiger partial charge in [0.1, 0.15) is 11.5 Å². The molecule has 0 aliphatic carbocycles. The zero-order chi connectivity index (χ0) is 28.5. The van der Waals surface area contributed by atoms with Crippen molar-refractivity contribution in [2.24, 2.45) is 0 Å². The quantitative estimate of drug-likeness (QED) is 0.288. The van der Waals surface area contributed by atoms with Gasteiger partial charge >= 0.3 is 0 Å². The molecule has 5 heterocycles. The molecule has 2 aromatic carbocycles. The van der Waals surface area contributed by atoms with E-state index in [1.165, 1.54) is 11.1 Å². The van der Waals surface area contributed by atoms with Crippen LogP contribution in [0.4, 0.5) is 11.4 Å². The fraction of sp³-hybridized carbons (Fsp3) is 0.353. The van der Waals surface area contributed by atoms with Crippen LogP contribution in [0.5, 0.6) is 11.5 Å². The van der Waals surface area contributed by atoms with Crippen molar-refractivity contribution in [2.75, 3.05) is 49.6 Å². The number of aromatic nitrogens is 2. The van der Waals surface area contributed by atoms with Crippen molar-refractivity contribution in [3.63, 3.8) is 0 Å².